The largest absolute Gasteiger partial charge is 0.378 e. The first kappa shape index (κ1) is 14.9. The van der Waals surface area contributed by atoms with Gasteiger partial charge in [-0.05, 0) is 50.9 Å². The van der Waals surface area contributed by atoms with Crippen molar-refractivity contribution in [2.24, 2.45) is 0 Å². The second-order valence-corrected chi connectivity index (χ2v) is 6.98. The monoisotopic (exact) mass is 405 g/mol. The van der Waals surface area contributed by atoms with Crippen LogP contribution in [-0.4, -0.2) is 23.6 Å². The normalized spacial score (nSPS) is 10.7. The van der Waals surface area contributed by atoms with Gasteiger partial charge in [0.25, 0.3) is 0 Å². The van der Waals surface area contributed by atoms with E-state index in [-0.39, 0.29) is 0 Å². The van der Waals surface area contributed by atoms with Crippen LogP contribution in [0.1, 0.15) is 12.6 Å². The van der Waals surface area contributed by atoms with Crippen LogP contribution in [0, 0.1) is 0 Å². The third-order valence-electron chi connectivity index (χ3n) is 2.34. The zero-order chi connectivity index (χ0) is 13.8. The van der Waals surface area contributed by atoms with E-state index in [0.717, 1.165) is 31.2 Å². The maximum Gasteiger partial charge on any atom is 0.172 e. The number of aromatic nitrogens is 2. The second kappa shape index (κ2) is 6.78. The number of anilines is 1. The van der Waals surface area contributed by atoms with E-state index < -0.39 is 0 Å². The Labute approximate surface area is 132 Å². The number of hydrogen-bond acceptors (Lipinski definition) is 5. The molecule has 0 bridgehead atoms. The van der Waals surface area contributed by atoms with Crippen LogP contribution in [0.2, 0.25) is 0 Å². The summed E-state index contributed by atoms with van der Waals surface area (Å²) in [6, 6.07) is 4.00. The first-order valence-corrected chi connectivity index (χ1v) is 8.10. The highest BCUT2D eigenvalue weighted by Crippen LogP contribution is 2.32. The molecule has 19 heavy (non-hydrogen) atoms. The van der Waals surface area contributed by atoms with Crippen molar-refractivity contribution in [3.05, 3.63) is 26.1 Å². The molecule has 0 aliphatic carbocycles. The Morgan fingerprint density at radius 1 is 1.32 bits per heavy atom. The molecule has 0 unspecified atom stereocenters. The molecule has 0 aliphatic heterocycles. The quantitative estimate of drug-likeness (QED) is 0.803. The van der Waals surface area contributed by atoms with Crippen molar-refractivity contribution in [3.63, 3.8) is 0 Å². The lowest BCUT2D eigenvalue weighted by molar-refractivity contribution is 0.181. The highest BCUT2D eigenvalue weighted by molar-refractivity contribution is 9.11. The van der Waals surface area contributed by atoms with E-state index in [0.29, 0.717) is 12.4 Å². The van der Waals surface area contributed by atoms with Crippen LogP contribution in [0.3, 0.4) is 0 Å². The third kappa shape index (κ3) is 3.53. The van der Waals surface area contributed by atoms with Crippen LogP contribution < -0.4 is 5.32 Å². The Bertz CT molecular complexity index is 547. The first-order chi connectivity index (χ1) is 9.15. The summed E-state index contributed by atoms with van der Waals surface area (Å²) in [4.78, 5) is 10.1. The van der Waals surface area contributed by atoms with Crippen molar-refractivity contribution < 1.29 is 4.74 Å². The van der Waals surface area contributed by atoms with Crippen LogP contribution in [0.4, 0.5) is 5.82 Å². The molecule has 0 fully saturated rings. The van der Waals surface area contributed by atoms with Crippen molar-refractivity contribution in [2.45, 2.75) is 13.5 Å². The summed E-state index contributed by atoms with van der Waals surface area (Å²) in [6.45, 7) is 3.28. The zero-order valence-electron chi connectivity index (χ0n) is 10.5. The molecule has 0 spiro atoms. The number of methoxy groups -OCH3 is 1. The van der Waals surface area contributed by atoms with Gasteiger partial charge in [-0.15, -0.1) is 11.3 Å². The molecule has 102 valence electrons. The highest BCUT2D eigenvalue weighted by atomic mass is 79.9. The Morgan fingerprint density at radius 3 is 2.68 bits per heavy atom. The van der Waals surface area contributed by atoms with E-state index in [9.17, 15) is 0 Å². The fraction of sp³-hybridized carbons (Fsp3) is 0.333. The van der Waals surface area contributed by atoms with Gasteiger partial charge in [0.05, 0.1) is 25.4 Å². The molecule has 0 saturated heterocycles. The molecular weight excluding hydrogens is 394 g/mol. The van der Waals surface area contributed by atoms with Gasteiger partial charge in [0, 0.05) is 13.7 Å². The van der Waals surface area contributed by atoms with Gasteiger partial charge in [0.15, 0.2) is 5.82 Å². The minimum Gasteiger partial charge on any atom is -0.378 e. The predicted molar refractivity (Wildman–Crippen MR) is 85.6 cm³/mol. The van der Waals surface area contributed by atoms with Crippen LogP contribution in [-0.2, 0) is 11.3 Å². The molecule has 0 radical (unpaired) electrons. The fourth-order valence-electron chi connectivity index (χ4n) is 1.56. The Kier molecular flexibility index (Phi) is 5.32. The van der Waals surface area contributed by atoms with Crippen LogP contribution in [0.25, 0.3) is 10.7 Å². The van der Waals surface area contributed by atoms with Gasteiger partial charge < -0.3 is 10.1 Å². The third-order valence-corrected chi connectivity index (χ3v) is 4.79. The maximum atomic E-state index is 5.18. The molecule has 0 saturated carbocycles. The summed E-state index contributed by atoms with van der Waals surface area (Å²) in [5.74, 6) is 1.51. The molecule has 2 aromatic rings. The van der Waals surface area contributed by atoms with Crippen LogP contribution in [0.5, 0.6) is 0 Å². The van der Waals surface area contributed by atoms with Gasteiger partial charge in [-0.2, -0.15) is 0 Å². The van der Waals surface area contributed by atoms with Crippen LogP contribution >= 0.6 is 43.2 Å². The molecule has 7 heteroatoms. The summed E-state index contributed by atoms with van der Waals surface area (Å²) >= 11 is 8.59. The number of hydrogen-bond donors (Lipinski definition) is 1. The molecule has 4 nitrogen and oxygen atoms in total. The Balaban J connectivity index is 2.48. The standard InChI is InChI=1S/C12H13Br2N3OS/c1-3-15-12-10(14)7(6-18-2)16-11(17-12)8-4-5-9(13)19-8/h4-5H,3,6H2,1-2H3,(H,15,16,17). The van der Waals surface area contributed by atoms with Crippen molar-refractivity contribution in [3.8, 4) is 10.7 Å². The lowest BCUT2D eigenvalue weighted by Gasteiger charge is -2.11. The minimum atomic E-state index is 0.445. The average Bonchev–Trinajstić information content (AvgIpc) is 2.81. The summed E-state index contributed by atoms with van der Waals surface area (Å²) in [5.41, 5.74) is 0.841. The number of thiophene rings is 1. The first-order valence-electron chi connectivity index (χ1n) is 5.70. The van der Waals surface area contributed by atoms with Crippen molar-refractivity contribution >= 4 is 49.0 Å². The zero-order valence-corrected chi connectivity index (χ0v) is 14.5. The van der Waals surface area contributed by atoms with E-state index in [2.05, 4.69) is 47.1 Å². The number of halogens is 2. The van der Waals surface area contributed by atoms with Crippen molar-refractivity contribution in [1.82, 2.24) is 9.97 Å². The van der Waals surface area contributed by atoms with Gasteiger partial charge in [0.1, 0.15) is 5.82 Å². The molecule has 0 amide bonds. The number of nitrogens with zero attached hydrogens (tertiary/aromatic N) is 2. The maximum absolute atomic E-state index is 5.18. The molecule has 0 aliphatic rings. The summed E-state index contributed by atoms with van der Waals surface area (Å²) < 4.78 is 7.10. The van der Waals surface area contributed by atoms with Crippen molar-refractivity contribution in [2.75, 3.05) is 19.0 Å². The van der Waals surface area contributed by atoms with E-state index in [1.807, 2.05) is 19.1 Å². The van der Waals surface area contributed by atoms with Gasteiger partial charge in [-0.1, -0.05) is 0 Å². The summed E-state index contributed by atoms with van der Waals surface area (Å²) in [5, 5.41) is 3.23. The molecule has 0 atom stereocenters. The number of ether oxygens (including phenoxy) is 1. The van der Waals surface area contributed by atoms with Gasteiger partial charge in [-0.3, -0.25) is 0 Å². The minimum absolute atomic E-state index is 0.445. The molecule has 0 aromatic carbocycles. The number of rotatable bonds is 5. The molecule has 2 aromatic heterocycles. The van der Waals surface area contributed by atoms with E-state index in [1.54, 1.807) is 18.4 Å². The topological polar surface area (TPSA) is 47.0 Å². The molecule has 2 rings (SSSR count). The highest BCUT2D eigenvalue weighted by Gasteiger charge is 2.14. The van der Waals surface area contributed by atoms with Gasteiger partial charge in [-0.25, -0.2) is 9.97 Å². The predicted octanol–water partition coefficient (Wildman–Crippen LogP) is 4.31. The average molecular weight is 407 g/mol. The van der Waals surface area contributed by atoms with E-state index >= 15 is 0 Å². The van der Waals surface area contributed by atoms with Crippen LogP contribution in [0.15, 0.2) is 20.4 Å². The van der Waals surface area contributed by atoms with Gasteiger partial charge >= 0.3 is 0 Å². The Hall–Kier alpha value is -0.500. The smallest absolute Gasteiger partial charge is 0.172 e. The molecule has 2 heterocycles. The lowest BCUT2D eigenvalue weighted by Crippen LogP contribution is -2.06. The second-order valence-electron chi connectivity index (χ2n) is 3.72. The molecule has 1 N–H and O–H groups in total. The Morgan fingerprint density at radius 2 is 2.11 bits per heavy atom. The summed E-state index contributed by atoms with van der Waals surface area (Å²) in [6.07, 6.45) is 0. The summed E-state index contributed by atoms with van der Waals surface area (Å²) in [7, 11) is 1.66. The molecular formula is C12H13Br2N3OS. The van der Waals surface area contributed by atoms with Crippen molar-refractivity contribution in [1.29, 1.82) is 0 Å². The van der Waals surface area contributed by atoms with E-state index in [1.165, 1.54) is 0 Å². The SMILES string of the molecule is CCNc1nc(-c2ccc(Br)s2)nc(COC)c1Br. The van der Waals surface area contributed by atoms with E-state index in [4.69, 9.17) is 4.74 Å². The number of nitrogens with one attached hydrogen (secondary N) is 1. The fourth-order valence-corrected chi connectivity index (χ4v) is 3.31. The van der Waals surface area contributed by atoms with Gasteiger partial charge in [0.2, 0.25) is 0 Å². The lowest BCUT2D eigenvalue weighted by atomic mass is 10.3.